The van der Waals surface area contributed by atoms with Crippen LogP contribution in [0.5, 0.6) is 0 Å². The Bertz CT molecular complexity index is 1460. The van der Waals surface area contributed by atoms with Crippen molar-refractivity contribution in [3.63, 3.8) is 0 Å². The van der Waals surface area contributed by atoms with Gasteiger partial charge in [-0.05, 0) is 60.8 Å². The number of rotatable bonds is 12. The molecular formula is C43H50N2O2. The van der Waals surface area contributed by atoms with Crippen molar-refractivity contribution in [3.05, 3.63) is 144 Å². The average molecular weight is 627 g/mol. The first-order valence-corrected chi connectivity index (χ1v) is 17.4. The first kappa shape index (κ1) is 32.7. The maximum absolute atomic E-state index is 15.2. The molecule has 0 bridgehead atoms. The normalized spacial score (nSPS) is 18.0. The SMILES string of the molecule is CC(C)CC(CC(C)C)(C(=O)N1C[C@@H]1C(C)(c1ccccc1)c1ccccc1)C(=O)N1C[C@@H]1C(C)(c1ccccc1)c1ccccc1. The zero-order valence-corrected chi connectivity index (χ0v) is 28.9. The Morgan fingerprint density at radius 1 is 0.532 bits per heavy atom. The lowest BCUT2D eigenvalue weighted by atomic mass is 9.70. The molecule has 4 aromatic rings. The van der Waals surface area contributed by atoms with E-state index in [1.165, 1.54) is 22.3 Å². The molecule has 0 spiro atoms. The van der Waals surface area contributed by atoms with Crippen molar-refractivity contribution in [2.24, 2.45) is 17.3 Å². The second-order valence-electron chi connectivity index (χ2n) is 15.1. The van der Waals surface area contributed by atoms with E-state index in [1.807, 2.05) is 34.1 Å². The van der Waals surface area contributed by atoms with Crippen LogP contribution in [0.4, 0.5) is 0 Å². The Hall–Kier alpha value is -4.18. The Morgan fingerprint density at radius 3 is 1.02 bits per heavy atom. The summed E-state index contributed by atoms with van der Waals surface area (Å²) in [6.45, 7) is 14.4. The molecule has 2 atom stereocenters. The number of carbonyl (C=O) groups is 2. The van der Waals surface area contributed by atoms with Crippen molar-refractivity contribution in [2.75, 3.05) is 13.1 Å². The molecule has 4 aromatic carbocycles. The predicted octanol–water partition coefficient (Wildman–Crippen LogP) is 8.50. The minimum absolute atomic E-state index is 0.000220. The van der Waals surface area contributed by atoms with Gasteiger partial charge >= 0.3 is 0 Å². The molecule has 0 radical (unpaired) electrons. The number of hydrogen-bond donors (Lipinski definition) is 0. The molecule has 2 fully saturated rings. The summed E-state index contributed by atoms with van der Waals surface area (Å²) in [5.41, 5.74) is 2.82. The van der Waals surface area contributed by atoms with Crippen molar-refractivity contribution in [2.45, 2.75) is 77.3 Å². The van der Waals surface area contributed by atoms with Gasteiger partial charge in [0.05, 0.1) is 12.1 Å². The molecule has 0 aliphatic carbocycles. The molecule has 47 heavy (non-hydrogen) atoms. The highest BCUT2D eigenvalue weighted by Gasteiger charge is 2.63. The first-order chi connectivity index (χ1) is 22.5. The third-order valence-electron chi connectivity index (χ3n) is 10.9. The van der Waals surface area contributed by atoms with Gasteiger partial charge in [0.1, 0.15) is 5.41 Å². The minimum Gasteiger partial charge on any atom is -0.334 e. The van der Waals surface area contributed by atoms with E-state index in [9.17, 15) is 0 Å². The van der Waals surface area contributed by atoms with Crippen LogP contribution in [0.25, 0.3) is 0 Å². The summed E-state index contributed by atoms with van der Waals surface area (Å²) >= 11 is 0. The lowest BCUT2D eigenvalue weighted by Crippen LogP contribution is -2.50. The zero-order chi connectivity index (χ0) is 33.4. The number of nitrogens with zero attached hydrogens (tertiary/aromatic N) is 2. The minimum atomic E-state index is -1.12. The third-order valence-corrected chi connectivity index (χ3v) is 10.9. The number of amides is 2. The fourth-order valence-electron chi connectivity index (χ4n) is 8.42. The van der Waals surface area contributed by atoms with Crippen molar-refractivity contribution >= 4 is 11.8 Å². The van der Waals surface area contributed by atoms with Crippen LogP contribution in [-0.2, 0) is 20.4 Å². The van der Waals surface area contributed by atoms with Crippen LogP contribution >= 0.6 is 0 Å². The van der Waals surface area contributed by atoms with Gasteiger partial charge in [0.2, 0.25) is 11.8 Å². The smallest absolute Gasteiger partial charge is 0.238 e. The van der Waals surface area contributed by atoms with Crippen molar-refractivity contribution in [1.82, 2.24) is 9.80 Å². The van der Waals surface area contributed by atoms with Gasteiger partial charge < -0.3 is 9.80 Å². The van der Waals surface area contributed by atoms with Gasteiger partial charge in [0, 0.05) is 23.9 Å². The molecule has 4 heteroatoms. The molecular weight excluding hydrogens is 576 g/mol. The van der Waals surface area contributed by atoms with Crippen molar-refractivity contribution < 1.29 is 9.59 Å². The summed E-state index contributed by atoms with van der Waals surface area (Å²) < 4.78 is 0. The monoisotopic (exact) mass is 626 g/mol. The summed E-state index contributed by atoms with van der Waals surface area (Å²) in [4.78, 5) is 34.4. The molecule has 2 aliphatic rings. The number of carbonyl (C=O) groups excluding carboxylic acids is 2. The molecule has 0 aromatic heterocycles. The molecule has 2 saturated heterocycles. The molecule has 2 aliphatic heterocycles. The van der Waals surface area contributed by atoms with Gasteiger partial charge in [-0.2, -0.15) is 0 Å². The molecule has 0 saturated carbocycles. The van der Waals surface area contributed by atoms with Crippen LogP contribution < -0.4 is 0 Å². The van der Waals surface area contributed by atoms with Crippen molar-refractivity contribution in [1.29, 1.82) is 0 Å². The number of benzene rings is 4. The molecule has 4 nitrogen and oxygen atoms in total. The van der Waals surface area contributed by atoms with E-state index in [1.54, 1.807) is 0 Å². The van der Waals surface area contributed by atoms with Crippen LogP contribution in [0.2, 0.25) is 0 Å². The van der Waals surface area contributed by atoms with Crippen LogP contribution in [0, 0.1) is 17.3 Å². The van der Waals surface area contributed by atoms with Crippen LogP contribution in [0.1, 0.15) is 76.6 Å². The summed E-state index contributed by atoms with van der Waals surface area (Å²) in [7, 11) is 0. The molecule has 2 heterocycles. The molecule has 0 N–H and O–H groups in total. The van der Waals surface area contributed by atoms with Gasteiger partial charge in [0.15, 0.2) is 0 Å². The summed E-state index contributed by atoms with van der Waals surface area (Å²) in [6.07, 6.45) is 1.08. The first-order valence-electron chi connectivity index (χ1n) is 17.4. The largest absolute Gasteiger partial charge is 0.334 e. The summed E-state index contributed by atoms with van der Waals surface area (Å²) in [6, 6.07) is 42.1. The summed E-state index contributed by atoms with van der Waals surface area (Å²) in [5, 5.41) is 0. The fraction of sp³-hybridized carbons (Fsp3) is 0.395. The Morgan fingerprint density at radius 2 is 0.787 bits per heavy atom. The zero-order valence-electron chi connectivity index (χ0n) is 28.9. The lowest BCUT2D eigenvalue weighted by molar-refractivity contribution is -0.153. The summed E-state index contributed by atoms with van der Waals surface area (Å²) in [5.74, 6) is 0.366. The van der Waals surface area contributed by atoms with Gasteiger partial charge in [-0.3, -0.25) is 9.59 Å². The third kappa shape index (κ3) is 5.92. The highest BCUT2D eigenvalue weighted by atomic mass is 16.2. The van der Waals surface area contributed by atoms with Crippen LogP contribution in [0.15, 0.2) is 121 Å². The van der Waals surface area contributed by atoms with Gasteiger partial charge in [-0.25, -0.2) is 0 Å². The van der Waals surface area contributed by atoms with E-state index in [-0.39, 0.29) is 35.7 Å². The topological polar surface area (TPSA) is 40.2 Å². The predicted molar refractivity (Wildman–Crippen MR) is 191 cm³/mol. The van der Waals surface area contributed by atoms with E-state index in [0.717, 1.165) is 0 Å². The highest BCUT2D eigenvalue weighted by molar-refractivity contribution is 6.07. The molecule has 0 unspecified atom stereocenters. The number of hydrogen-bond acceptors (Lipinski definition) is 2. The van der Waals surface area contributed by atoms with Crippen molar-refractivity contribution in [3.8, 4) is 0 Å². The average Bonchev–Trinajstić information content (AvgIpc) is 4.03. The van der Waals surface area contributed by atoms with Crippen LogP contribution in [0.3, 0.4) is 0 Å². The van der Waals surface area contributed by atoms with Crippen LogP contribution in [-0.4, -0.2) is 46.8 Å². The van der Waals surface area contributed by atoms with E-state index in [0.29, 0.717) is 25.9 Å². The Kier molecular flexibility index (Phi) is 8.91. The van der Waals surface area contributed by atoms with Gasteiger partial charge in [-0.15, -0.1) is 0 Å². The second kappa shape index (κ2) is 12.8. The maximum atomic E-state index is 15.2. The Labute approximate surface area is 281 Å². The quantitative estimate of drug-likeness (QED) is 0.117. The fourth-order valence-corrected chi connectivity index (χ4v) is 8.42. The molecule has 244 valence electrons. The van der Waals surface area contributed by atoms with E-state index in [2.05, 4.69) is 139 Å². The van der Waals surface area contributed by atoms with E-state index in [4.69, 9.17) is 0 Å². The standard InChI is InChI=1S/C43H50N2O2/c1-31(2)27-43(28-32(3)4,39(46)44-29-37(44)41(5,33-19-11-7-12-20-33)34-21-13-8-14-22-34)40(47)45-30-38(45)42(6,35-23-15-9-16-24-35)36-25-17-10-18-26-36/h7-26,31-32,37-38H,27-30H2,1-6H3/t37-,38-,44?,45?/m1/s1. The van der Waals surface area contributed by atoms with Gasteiger partial charge in [-0.1, -0.05) is 149 Å². The van der Waals surface area contributed by atoms with Gasteiger partial charge in [0.25, 0.3) is 0 Å². The Balaban J connectivity index is 1.38. The van der Waals surface area contributed by atoms with E-state index >= 15 is 9.59 Å². The maximum Gasteiger partial charge on any atom is 0.238 e. The van der Waals surface area contributed by atoms with E-state index < -0.39 is 16.2 Å². The molecule has 2 amide bonds. The highest BCUT2D eigenvalue weighted by Crippen LogP contribution is 2.51. The lowest BCUT2D eigenvalue weighted by Gasteiger charge is -2.38. The second-order valence-corrected chi connectivity index (χ2v) is 15.1. The molecule has 6 rings (SSSR count).